The van der Waals surface area contributed by atoms with E-state index in [1.807, 2.05) is 42.5 Å². The Kier molecular flexibility index (Phi) is 7.40. The fourth-order valence-electron chi connectivity index (χ4n) is 2.54. The van der Waals surface area contributed by atoms with Crippen molar-refractivity contribution in [2.45, 2.75) is 4.90 Å². The zero-order valence-electron chi connectivity index (χ0n) is 15.7. The van der Waals surface area contributed by atoms with Crippen LogP contribution in [-0.4, -0.2) is 24.2 Å². The molecule has 0 aliphatic heterocycles. The first-order chi connectivity index (χ1) is 14.5. The largest absolute Gasteiger partial charge is 0.483 e. The third kappa shape index (κ3) is 6.05. The quantitative estimate of drug-likeness (QED) is 0.442. The summed E-state index contributed by atoms with van der Waals surface area (Å²) in [6.07, 6.45) is 0. The van der Waals surface area contributed by atoms with Crippen molar-refractivity contribution in [3.05, 3.63) is 84.4 Å². The van der Waals surface area contributed by atoms with Crippen LogP contribution in [0.5, 0.6) is 5.75 Å². The maximum atomic E-state index is 13.6. The van der Waals surface area contributed by atoms with Crippen LogP contribution in [0.1, 0.15) is 0 Å². The zero-order chi connectivity index (χ0) is 21.3. The third-order valence-corrected chi connectivity index (χ3v) is 4.97. The van der Waals surface area contributed by atoms with Crippen LogP contribution in [0.2, 0.25) is 0 Å². The SMILES string of the molecule is O=C(COc1ccccc1-c1ccccc1)NNC(=O)CSc1ccc(F)cc1F. The van der Waals surface area contributed by atoms with Gasteiger partial charge in [-0.15, -0.1) is 11.8 Å². The van der Waals surface area contributed by atoms with Crippen LogP contribution < -0.4 is 15.6 Å². The molecule has 0 saturated carbocycles. The van der Waals surface area contributed by atoms with E-state index in [-0.39, 0.29) is 17.3 Å². The minimum Gasteiger partial charge on any atom is -0.483 e. The Hall–Kier alpha value is -3.39. The zero-order valence-corrected chi connectivity index (χ0v) is 16.5. The minimum atomic E-state index is -0.748. The molecule has 0 aliphatic carbocycles. The van der Waals surface area contributed by atoms with Gasteiger partial charge in [0.05, 0.1) is 5.75 Å². The number of benzene rings is 3. The van der Waals surface area contributed by atoms with Crippen LogP contribution >= 0.6 is 11.8 Å². The number of ether oxygens (including phenoxy) is 1. The number of hydrogen-bond donors (Lipinski definition) is 2. The lowest BCUT2D eigenvalue weighted by Crippen LogP contribution is -2.44. The predicted octanol–water partition coefficient (Wildman–Crippen LogP) is 3.95. The molecule has 0 aliphatic rings. The summed E-state index contributed by atoms with van der Waals surface area (Å²) in [6, 6.07) is 20.0. The van der Waals surface area contributed by atoms with E-state index < -0.39 is 23.4 Å². The van der Waals surface area contributed by atoms with E-state index in [0.29, 0.717) is 5.75 Å². The van der Waals surface area contributed by atoms with Crippen molar-refractivity contribution in [3.63, 3.8) is 0 Å². The molecule has 2 N–H and O–H groups in total. The molecule has 0 unspecified atom stereocenters. The number of hydrazine groups is 1. The first-order valence-electron chi connectivity index (χ1n) is 8.95. The standard InChI is InChI=1S/C22H18F2N2O3S/c23-16-10-11-20(18(24)12-16)30-14-22(28)26-25-21(27)13-29-19-9-5-4-8-17(19)15-6-2-1-3-7-15/h1-12H,13-14H2,(H,25,27)(H,26,28). The van der Waals surface area contributed by atoms with E-state index in [2.05, 4.69) is 10.9 Å². The van der Waals surface area contributed by atoms with Crippen LogP contribution in [0.3, 0.4) is 0 Å². The van der Waals surface area contributed by atoms with Crippen LogP contribution in [0.4, 0.5) is 8.78 Å². The van der Waals surface area contributed by atoms with E-state index in [4.69, 9.17) is 4.74 Å². The van der Waals surface area contributed by atoms with Crippen LogP contribution in [0.15, 0.2) is 77.7 Å². The summed E-state index contributed by atoms with van der Waals surface area (Å²) in [4.78, 5) is 23.9. The highest BCUT2D eigenvalue weighted by Crippen LogP contribution is 2.29. The second-order valence-corrected chi connectivity index (χ2v) is 7.13. The number of halogens is 2. The highest BCUT2D eigenvalue weighted by atomic mass is 32.2. The van der Waals surface area contributed by atoms with Gasteiger partial charge >= 0.3 is 0 Å². The van der Waals surface area contributed by atoms with Gasteiger partial charge in [-0.25, -0.2) is 8.78 Å². The van der Waals surface area contributed by atoms with Gasteiger partial charge in [0.15, 0.2) is 6.61 Å². The number of carbonyl (C=O) groups is 2. The maximum absolute atomic E-state index is 13.6. The van der Waals surface area contributed by atoms with Crippen LogP contribution in [-0.2, 0) is 9.59 Å². The molecular formula is C22H18F2N2O3S. The molecule has 3 aromatic rings. The lowest BCUT2D eigenvalue weighted by Gasteiger charge is -2.12. The molecule has 0 aromatic heterocycles. The molecule has 0 atom stereocenters. The summed E-state index contributed by atoms with van der Waals surface area (Å²) in [5.41, 5.74) is 6.26. The summed E-state index contributed by atoms with van der Waals surface area (Å²) in [5.74, 6) is -2.15. The molecule has 154 valence electrons. The van der Waals surface area contributed by atoms with Crippen molar-refractivity contribution in [1.29, 1.82) is 0 Å². The predicted molar refractivity (Wildman–Crippen MR) is 111 cm³/mol. The number of amides is 2. The Bertz CT molecular complexity index is 1030. The molecule has 3 rings (SSSR count). The van der Waals surface area contributed by atoms with E-state index in [1.54, 1.807) is 12.1 Å². The fourth-order valence-corrected chi connectivity index (χ4v) is 3.26. The van der Waals surface area contributed by atoms with Crippen molar-refractivity contribution in [2.24, 2.45) is 0 Å². The maximum Gasteiger partial charge on any atom is 0.276 e. The fraction of sp³-hybridized carbons (Fsp3) is 0.0909. The summed E-state index contributed by atoms with van der Waals surface area (Å²) in [5, 5.41) is 0. The highest BCUT2D eigenvalue weighted by molar-refractivity contribution is 8.00. The first-order valence-corrected chi connectivity index (χ1v) is 9.94. The van der Waals surface area contributed by atoms with Crippen LogP contribution in [0, 0.1) is 11.6 Å². The number of hydrogen-bond acceptors (Lipinski definition) is 4. The molecule has 30 heavy (non-hydrogen) atoms. The molecule has 0 bridgehead atoms. The van der Waals surface area contributed by atoms with E-state index in [0.717, 1.165) is 35.0 Å². The molecule has 5 nitrogen and oxygen atoms in total. The molecular weight excluding hydrogens is 410 g/mol. The summed E-state index contributed by atoms with van der Waals surface area (Å²) < 4.78 is 32.0. The normalized spacial score (nSPS) is 10.3. The second-order valence-electron chi connectivity index (χ2n) is 6.11. The van der Waals surface area contributed by atoms with Gasteiger partial charge in [0, 0.05) is 16.5 Å². The van der Waals surface area contributed by atoms with Gasteiger partial charge in [0.2, 0.25) is 5.91 Å². The van der Waals surface area contributed by atoms with Gasteiger partial charge in [-0.2, -0.15) is 0 Å². The van der Waals surface area contributed by atoms with Gasteiger partial charge in [-0.05, 0) is 23.8 Å². The molecule has 0 radical (unpaired) electrons. The summed E-state index contributed by atoms with van der Waals surface area (Å²) >= 11 is 0.889. The Labute approximate surface area is 176 Å². The van der Waals surface area contributed by atoms with Crippen molar-refractivity contribution < 1.29 is 23.1 Å². The monoisotopic (exact) mass is 428 g/mol. The number of nitrogens with one attached hydrogen (secondary N) is 2. The minimum absolute atomic E-state index is 0.138. The molecule has 8 heteroatoms. The van der Waals surface area contributed by atoms with Gasteiger partial charge in [-0.3, -0.25) is 20.4 Å². The Morgan fingerprint density at radius 1 is 0.867 bits per heavy atom. The van der Waals surface area contributed by atoms with E-state index in [1.165, 1.54) is 6.07 Å². The molecule has 3 aromatic carbocycles. The van der Waals surface area contributed by atoms with Gasteiger partial charge in [0.1, 0.15) is 17.4 Å². The Morgan fingerprint density at radius 2 is 1.57 bits per heavy atom. The van der Waals surface area contributed by atoms with Gasteiger partial charge in [-0.1, -0.05) is 48.5 Å². The van der Waals surface area contributed by atoms with E-state index >= 15 is 0 Å². The van der Waals surface area contributed by atoms with Crippen molar-refractivity contribution in [2.75, 3.05) is 12.4 Å². The van der Waals surface area contributed by atoms with E-state index in [9.17, 15) is 18.4 Å². The number of thioether (sulfide) groups is 1. The topological polar surface area (TPSA) is 67.4 Å². The lowest BCUT2D eigenvalue weighted by atomic mass is 10.1. The van der Waals surface area contributed by atoms with Gasteiger partial charge in [0.25, 0.3) is 5.91 Å². The Balaban J connectivity index is 1.46. The van der Waals surface area contributed by atoms with Crippen LogP contribution in [0.25, 0.3) is 11.1 Å². The van der Waals surface area contributed by atoms with Crippen molar-refractivity contribution in [1.82, 2.24) is 10.9 Å². The number of para-hydroxylation sites is 1. The average Bonchev–Trinajstić information content (AvgIpc) is 2.76. The smallest absolute Gasteiger partial charge is 0.276 e. The third-order valence-electron chi connectivity index (χ3n) is 3.92. The highest BCUT2D eigenvalue weighted by Gasteiger charge is 2.11. The molecule has 0 spiro atoms. The Morgan fingerprint density at radius 3 is 2.33 bits per heavy atom. The number of carbonyl (C=O) groups excluding carboxylic acids is 2. The summed E-state index contributed by atoms with van der Waals surface area (Å²) in [7, 11) is 0. The molecule has 0 saturated heterocycles. The summed E-state index contributed by atoms with van der Waals surface area (Å²) in [6.45, 7) is -0.302. The molecule has 0 heterocycles. The number of rotatable bonds is 7. The van der Waals surface area contributed by atoms with Crippen molar-refractivity contribution in [3.8, 4) is 16.9 Å². The first kappa shape index (κ1) is 21.3. The van der Waals surface area contributed by atoms with Gasteiger partial charge < -0.3 is 4.74 Å². The van der Waals surface area contributed by atoms with Crippen molar-refractivity contribution >= 4 is 23.6 Å². The molecule has 2 amide bonds. The lowest BCUT2D eigenvalue weighted by molar-refractivity contribution is -0.128. The second kappa shape index (κ2) is 10.4. The average molecular weight is 428 g/mol. The molecule has 0 fully saturated rings.